The molecule has 0 aromatic heterocycles. The molecule has 0 saturated heterocycles. The van der Waals surface area contributed by atoms with Gasteiger partial charge in [-0.2, -0.15) is 0 Å². The summed E-state index contributed by atoms with van der Waals surface area (Å²) in [5.74, 6) is 1.41. The largest absolute Gasteiger partial charge is 0.490 e. The van der Waals surface area contributed by atoms with Crippen molar-refractivity contribution in [1.82, 2.24) is 4.72 Å². The number of ether oxygens (including phenoxy) is 2. The van der Waals surface area contributed by atoms with Gasteiger partial charge in [0.1, 0.15) is 0 Å². The predicted octanol–water partition coefficient (Wildman–Crippen LogP) is 1.50. The highest BCUT2D eigenvalue weighted by atomic mass is 32.2. The van der Waals surface area contributed by atoms with E-state index in [0.29, 0.717) is 37.1 Å². The molecule has 1 aliphatic rings. The van der Waals surface area contributed by atoms with Crippen molar-refractivity contribution in [2.75, 3.05) is 19.8 Å². The number of nitrogens with one attached hydrogen (secondary N) is 1. The van der Waals surface area contributed by atoms with E-state index in [1.54, 1.807) is 6.07 Å². The van der Waals surface area contributed by atoms with Crippen LogP contribution in [-0.4, -0.2) is 34.2 Å². The molecule has 1 aliphatic heterocycles. The highest BCUT2D eigenvalue weighted by molar-refractivity contribution is 7.89. The van der Waals surface area contributed by atoms with Crippen LogP contribution in [0.3, 0.4) is 0 Å². The van der Waals surface area contributed by atoms with Gasteiger partial charge < -0.3 is 15.2 Å². The molecule has 22 heavy (non-hydrogen) atoms. The van der Waals surface area contributed by atoms with E-state index in [1.165, 1.54) is 12.1 Å². The van der Waals surface area contributed by atoms with Crippen molar-refractivity contribution in [2.24, 2.45) is 11.7 Å². The molecule has 3 N–H and O–H groups in total. The molecule has 0 saturated carbocycles. The fraction of sp³-hybridized carbons (Fsp3) is 0.600. The van der Waals surface area contributed by atoms with Gasteiger partial charge in [0.2, 0.25) is 10.0 Å². The van der Waals surface area contributed by atoms with E-state index >= 15 is 0 Å². The van der Waals surface area contributed by atoms with Crippen LogP contribution < -0.4 is 19.9 Å². The van der Waals surface area contributed by atoms with Gasteiger partial charge in [-0.15, -0.1) is 0 Å². The third-order valence-electron chi connectivity index (χ3n) is 3.39. The van der Waals surface area contributed by atoms with E-state index in [0.717, 1.165) is 6.42 Å². The van der Waals surface area contributed by atoms with Gasteiger partial charge in [0.25, 0.3) is 0 Å². The van der Waals surface area contributed by atoms with Gasteiger partial charge in [0.05, 0.1) is 18.1 Å². The molecule has 0 fully saturated rings. The van der Waals surface area contributed by atoms with Gasteiger partial charge in [0, 0.05) is 25.1 Å². The summed E-state index contributed by atoms with van der Waals surface area (Å²) in [6.07, 6.45) is 1.47. The third kappa shape index (κ3) is 4.34. The fourth-order valence-electron chi connectivity index (χ4n) is 2.36. The molecule has 1 aromatic rings. The average Bonchev–Trinajstić information content (AvgIpc) is 2.70. The Kier molecular flexibility index (Phi) is 5.66. The van der Waals surface area contributed by atoms with Crippen molar-refractivity contribution >= 4 is 10.0 Å². The quantitative estimate of drug-likeness (QED) is 0.826. The molecule has 1 unspecified atom stereocenters. The number of fused-ring (bicyclic) bond motifs is 1. The molecule has 0 aliphatic carbocycles. The van der Waals surface area contributed by atoms with Gasteiger partial charge in [-0.25, -0.2) is 13.1 Å². The summed E-state index contributed by atoms with van der Waals surface area (Å²) in [4.78, 5) is 0.166. The fourth-order valence-corrected chi connectivity index (χ4v) is 3.64. The molecule has 0 spiro atoms. The topological polar surface area (TPSA) is 90.7 Å². The molecule has 1 heterocycles. The number of hydrogen-bond acceptors (Lipinski definition) is 5. The Labute approximate surface area is 132 Å². The average molecular weight is 328 g/mol. The summed E-state index contributed by atoms with van der Waals surface area (Å²) >= 11 is 0. The first-order chi connectivity index (χ1) is 10.4. The predicted molar refractivity (Wildman–Crippen MR) is 84.7 cm³/mol. The second kappa shape index (κ2) is 7.30. The van der Waals surface area contributed by atoms with E-state index in [-0.39, 0.29) is 17.5 Å². The van der Waals surface area contributed by atoms with Crippen LogP contribution in [-0.2, 0) is 10.0 Å². The Morgan fingerprint density at radius 1 is 1.23 bits per heavy atom. The lowest BCUT2D eigenvalue weighted by Crippen LogP contribution is -2.40. The van der Waals surface area contributed by atoms with Crippen molar-refractivity contribution < 1.29 is 17.9 Å². The van der Waals surface area contributed by atoms with E-state index in [9.17, 15) is 8.42 Å². The van der Waals surface area contributed by atoms with Crippen LogP contribution in [0.25, 0.3) is 0 Å². The smallest absolute Gasteiger partial charge is 0.241 e. The van der Waals surface area contributed by atoms with Crippen LogP contribution in [0.4, 0.5) is 0 Å². The molecule has 0 radical (unpaired) electrons. The Bertz CT molecular complexity index is 602. The second-order valence-corrected chi connectivity index (χ2v) is 7.56. The van der Waals surface area contributed by atoms with Crippen LogP contribution in [0.5, 0.6) is 11.5 Å². The number of hydrogen-bond donors (Lipinski definition) is 2. The first-order valence-electron chi connectivity index (χ1n) is 7.54. The van der Waals surface area contributed by atoms with Crippen LogP contribution in [0.15, 0.2) is 23.1 Å². The Balaban J connectivity index is 2.20. The normalized spacial score (nSPS) is 16.4. The number of nitrogens with two attached hydrogens (primary N) is 1. The van der Waals surface area contributed by atoms with Crippen LogP contribution in [0.2, 0.25) is 0 Å². The summed E-state index contributed by atoms with van der Waals surface area (Å²) in [5.41, 5.74) is 5.67. The maximum absolute atomic E-state index is 12.5. The lowest BCUT2D eigenvalue weighted by Gasteiger charge is -2.19. The van der Waals surface area contributed by atoms with Gasteiger partial charge in [-0.05, 0) is 24.5 Å². The zero-order valence-corrected chi connectivity index (χ0v) is 13.9. The molecule has 2 rings (SSSR count). The maximum Gasteiger partial charge on any atom is 0.241 e. The molecular weight excluding hydrogens is 304 g/mol. The second-order valence-electron chi connectivity index (χ2n) is 5.84. The lowest BCUT2D eigenvalue weighted by atomic mass is 10.1. The zero-order chi connectivity index (χ0) is 16.2. The highest BCUT2D eigenvalue weighted by Gasteiger charge is 2.22. The van der Waals surface area contributed by atoms with Crippen LogP contribution >= 0.6 is 0 Å². The summed E-state index contributed by atoms with van der Waals surface area (Å²) in [6.45, 7) is 5.42. The molecule has 0 amide bonds. The summed E-state index contributed by atoms with van der Waals surface area (Å²) in [7, 11) is -3.63. The zero-order valence-electron chi connectivity index (χ0n) is 13.0. The van der Waals surface area contributed by atoms with E-state index in [1.807, 2.05) is 13.8 Å². The van der Waals surface area contributed by atoms with Crippen molar-refractivity contribution in [3.63, 3.8) is 0 Å². The SMILES string of the molecule is CC(C)CC(CN)NS(=O)(=O)c1ccc2c(c1)OCCCO2. The Morgan fingerprint density at radius 2 is 1.91 bits per heavy atom. The van der Waals surface area contributed by atoms with E-state index in [2.05, 4.69) is 4.72 Å². The molecule has 0 bridgehead atoms. The summed E-state index contributed by atoms with van der Waals surface area (Å²) in [6, 6.07) is 4.39. The van der Waals surface area contributed by atoms with Crippen LogP contribution in [0, 0.1) is 5.92 Å². The van der Waals surface area contributed by atoms with Crippen molar-refractivity contribution in [2.45, 2.75) is 37.6 Å². The number of benzene rings is 1. The van der Waals surface area contributed by atoms with E-state index < -0.39 is 10.0 Å². The Morgan fingerprint density at radius 3 is 2.55 bits per heavy atom. The van der Waals surface area contributed by atoms with Gasteiger partial charge in [0.15, 0.2) is 11.5 Å². The van der Waals surface area contributed by atoms with Gasteiger partial charge in [-0.3, -0.25) is 0 Å². The molecule has 1 aromatic carbocycles. The Hall–Kier alpha value is -1.31. The minimum Gasteiger partial charge on any atom is -0.490 e. The minimum atomic E-state index is -3.63. The third-order valence-corrected chi connectivity index (χ3v) is 4.91. The van der Waals surface area contributed by atoms with Crippen molar-refractivity contribution in [1.29, 1.82) is 0 Å². The lowest BCUT2D eigenvalue weighted by molar-refractivity contribution is 0.297. The first kappa shape index (κ1) is 17.1. The standard InChI is InChI=1S/C15H24N2O4S/c1-11(2)8-12(10-16)17-22(18,19)13-4-5-14-15(9-13)21-7-3-6-20-14/h4-5,9,11-12,17H,3,6-8,10,16H2,1-2H3. The molecule has 124 valence electrons. The van der Waals surface area contributed by atoms with Gasteiger partial charge >= 0.3 is 0 Å². The van der Waals surface area contributed by atoms with Gasteiger partial charge in [-0.1, -0.05) is 13.8 Å². The molecule has 6 nitrogen and oxygen atoms in total. The van der Waals surface area contributed by atoms with Crippen LogP contribution in [0.1, 0.15) is 26.7 Å². The van der Waals surface area contributed by atoms with E-state index in [4.69, 9.17) is 15.2 Å². The summed E-state index contributed by atoms with van der Waals surface area (Å²) < 4.78 is 38.7. The van der Waals surface area contributed by atoms with Crippen molar-refractivity contribution in [3.8, 4) is 11.5 Å². The first-order valence-corrected chi connectivity index (χ1v) is 9.02. The summed E-state index contributed by atoms with van der Waals surface area (Å²) in [5, 5.41) is 0. The molecule has 1 atom stereocenters. The molecular formula is C15H24N2O4S. The van der Waals surface area contributed by atoms with Crippen molar-refractivity contribution in [3.05, 3.63) is 18.2 Å². The highest BCUT2D eigenvalue weighted by Crippen LogP contribution is 2.31. The monoisotopic (exact) mass is 328 g/mol. The minimum absolute atomic E-state index is 0.166. The number of rotatable bonds is 6. The maximum atomic E-state index is 12.5. The number of sulfonamides is 1. The molecule has 7 heteroatoms.